The summed E-state index contributed by atoms with van der Waals surface area (Å²) < 4.78 is 54.6. The van der Waals surface area contributed by atoms with E-state index in [1.54, 1.807) is 0 Å². The van der Waals surface area contributed by atoms with Crippen LogP contribution in [0.1, 0.15) is 34.5 Å². The molecule has 0 unspecified atom stereocenters. The van der Waals surface area contributed by atoms with E-state index in [2.05, 4.69) is 15.0 Å². The first-order chi connectivity index (χ1) is 13.2. The molecular weight excluding hydrogens is 380 g/mol. The van der Waals surface area contributed by atoms with Crippen LogP contribution in [-0.4, -0.2) is 23.0 Å². The number of ether oxygens (including phenoxy) is 1. The fourth-order valence-electron chi connectivity index (χ4n) is 2.62. The zero-order valence-electron chi connectivity index (χ0n) is 14.6. The van der Waals surface area contributed by atoms with Gasteiger partial charge in [-0.25, -0.2) is 4.39 Å². The number of halogens is 4. The number of hydrogen-bond donors (Lipinski definition) is 1. The van der Waals surface area contributed by atoms with Gasteiger partial charge in [0.25, 0.3) is 5.91 Å². The molecule has 148 valence electrons. The third kappa shape index (κ3) is 5.28. The van der Waals surface area contributed by atoms with Crippen LogP contribution in [0.15, 0.2) is 36.5 Å². The lowest BCUT2D eigenvalue weighted by molar-refractivity contribution is -0.275. The van der Waals surface area contributed by atoms with Crippen molar-refractivity contribution in [2.24, 2.45) is 5.92 Å². The van der Waals surface area contributed by atoms with Gasteiger partial charge in [0, 0.05) is 41.9 Å². The molecular formula is C19H16F4N2O3. The smallest absolute Gasteiger partial charge is 0.403 e. The molecule has 1 aliphatic rings. The normalized spacial score (nSPS) is 13.9. The zero-order valence-corrected chi connectivity index (χ0v) is 14.6. The Morgan fingerprint density at radius 3 is 2.64 bits per heavy atom. The highest BCUT2D eigenvalue weighted by atomic mass is 19.4. The van der Waals surface area contributed by atoms with Crippen molar-refractivity contribution < 1.29 is 31.9 Å². The second-order valence-electron chi connectivity index (χ2n) is 6.41. The summed E-state index contributed by atoms with van der Waals surface area (Å²) in [6.45, 7) is -0.335. The highest BCUT2D eigenvalue weighted by Crippen LogP contribution is 2.31. The first kappa shape index (κ1) is 19.8. The number of aromatic nitrogens is 1. The van der Waals surface area contributed by atoms with E-state index in [-0.39, 0.29) is 35.8 Å². The number of ketones is 1. The van der Waals surface area contributed by atoms with Crippen molar-refractivity contribution >= 4 is 11.7 Å². The largest absolute Gasteiger partial charge is 0.573 e. The lowest BCUT2D eigenvalue weighted by Crippen LogP contribution is -2.24. The molecule has 2 aromatic rings. The molecule has 0 atom stereocenters. The van der Waals surface area contributed by atoms with Crippen LogP contribution in [0.2, 0.25) is 0 Å². The van der Waals surface area contributed by atoms with E-state index in [1.165, 1.54) is 30.5 Å². The van der Waals surface area contributed by atoms with Crippen LogP contribution in [0, 0.1) is 11.7 Å². The number of rotatable bonds is 7. The van der Waals surface area contributed by atoms with E-state index in [1.807, 2.05) is 0 Å². The Labute approximate surface area is 157 Å². The number of carbonyl (C=O) groups is 2. The molecule has 1 aliphatic carbocycles. The molecule has 0 bridgehead atoms. The number of pyridine rings is 1. The monoisotopic (exact) mass is 396 g/mol. The first-order valence-electron chi connectivity index (χ1n) is 8.52. The van der Waals surface area contributed by atoms with Gasteiger partial charge in [-0.2, -0.15) is 0 Å². The van der Waals surface area contributed by atoms with E-state index in [4.69, 9.17) is 0 Å². The number of hydrogen-bond acceptors (Lipinski definition) is 4. The Hall–Kier alpha value is -2.97. The van der Waals surface area contributed by atoms with Gasteiger partial charge in [0.1, 0.15) is 5.78 Å². The second kappa shape index (κ2) is 7.95. The van der Waals surface area contributed by atoms with Crippen LogP contribution >= 0.6 is 0 Å². The van der Waals surface area contributed by atoms with Gasteiger partial charge >= 0.3 is 6.36 Å². The number of alkyl halides is 3. The number of amides is 1. The third-order valence-corrected chi connectivity index (χ3v) is 4.18. The minimum atomic E-state index is -5.02. The molecule has 1 aromatic heterocycles. The summed E-state index contributed by atoms with van der Waals surface area (Å²) >= 11 is 0. The van der Waals surface area contributed by atoms with Crippen LogP contribution in [0.25, 0.3) is 0 Å². The Morgan fingerprint density at radius 2 is 1.96 bits per heavy atom. The summed E-state index contributed by atoms with van der Waals surface area (Å²) in [6, 6.07) is 6.18. The lowest BCUT2D eigenvalue weighted by atomic mass is 10.1. The predicted octanol–water partition coefficient (Wildman–Crippen LogP) is 3.57. The molecule has 1 saturated carbocycles. The third-order valence-electron chi connectivity index (χ3n) is 4.18. The predicted molar refractivity (Wildman–Crippen MR) is 89.9 cm³/mol. The molecule has 28 heavy (non-hydrogen) atoms. The molecule has 1 amide bonds. The average Bonchev–Trinajstić information content (AvgIpc) is 3.46. The van der Waals surface area contributed by atoms with Gasteiger partial charge in [-0.15, -0.1) is 13.2 Å². The molecule has 5 nitrogen and oxygen atoms in total. The first-order valence-corrected chi connectivity index (χ1v) is 8.52. The van der Waals surface area contributed by atoms with Gasteiger partial charge in [0.15, 0.2) is 11.6 Å². The van der Waals surface area contributed by atoms with Gasteiger partial charge in [0.05, 0.1) is 0 Å². The molecule has 0 aliphatic heterocycles. The molecule has 3 rings (SSSR count). The number of nitrogens with one attached hydrogen (secondary N) is 1. The topological polar surface area (TPSA) is 68.3 Å². The summed E-state index contributed by atoms with van der Waals surface area (Å²) in [7, 11) is 0. The van der Waals surface area contributed by atoms with E-state index < -0.39 is 23.8 Å². The second-order valence-corrected chi connectivity index (χ2v) is 6.41. The maximum atomic E-state index is 14.1. The van der Waals surface area contributed by atoms with Crippen LogP contribution in [0.4, 0.5) is 17.6 Å². The van der Waals surface area contributed by atoms with Crippen molar-refractivity contribution in [1.29, 1.82) is 0 Å². The van der Waals surface area contributed by atoms with E-state index >= 15 is 0 Å². The highest BCUT2D eigenvalue weighted by Gasteiger charge is 2.33. The molecule has 1 heterocycles. The summed E-state index contributed by atoms with van der Waals surface area (Å²) in [6.07, 6.45) is -1.74. The van der Waals surface area contributed by atoms with Crippen molar-refractivity contribution in [3.8, 4) is 5.75 Å². The zero-order chi connectivity index (χ0) is 20.3. The summed E-state index contributed by atoms with van der Waals surface area (Å²) in [4.78, 5) is 28.2. The maximum Gasteiger partial charge on any atom is 0.573 e. The van der Waals surface area contributed by atoms with Crippen LogP contribution in [0.3, 0.4) is 0 Å². The maximum absolute atomic E-state index is 14.1. The molecule has 0 saturated heterocycles. The minimum absolute atomic E-state index is 0.0773. The number of carbonyl (C=O) groups excluding carboxylic acids is 2. The summed E-state index contributed by atoms with van der Waals surface area (Å²) in [5.41, 5.74) is 0.515. The number of benzene rings is 1. The van der Waals surface area contributed by atoms with Gasteiger partial charge < -0.3 is 10.1 Å². The fraction of sp³-hybridized carbons (Fsp3) is 0.316. The standard InChI is InChI=1S/C19H16F4N2O3/c20-17-13(2-1-3-16(17)28-19(21,22)23)10-25-18(27)12-6-7-24-14(8-12)9-15(26)11-4-5-11/h1-3,6-8,11H,4-5,9-10H2,(H,25,27). The molecule has 0 radical (unpaired) electrons. The lowest BCUT2D eigenvalue weighted by Gasteiger charge is -2.12. The van der Waals surface area contributed by atoms with Crippen molar-refractivity contribution in [2.45, 2.75) is 32.2 Å². The fourth-order valence-corrected chi connectivity index (χ4v) is 2.62. The van der Waals surface area contributed by atoms with Gasteiger partial charge in [-0.1, -0.05) is 12.1 Å². The van der Waals surface area contributed by atoms with Crippen LogP contribution < -0.4 is 10.1 Å². The van der Waals surface area contributed by atoms with Gasteiger partial charge in [-0.05, 0) is 31.0 Å². The Bertz CT molecular complexity index is 895. The van der Waals surface area contributed by atoms with Gasteiger partial charge in [-0.3, -0.25) is 14.6 Å². The molecule has 1 N–H and O–H groups in total. The molecule has 1 fully saturated rings. The van der Waals surface area contributed by atoms with Crippen molar-refractivity contribution in [1.82, 2.24) is 10.3 Å². The van der Waals surface area contributed by atoms with E-state index in [0.717, 1.165) is 18.9 Å². The number of nitrogens with zero attached hydrogens (tertiary/aromatic N) is 1. The van der Waals surface area contributed by atoms with Crippen molar-refractivity contribution in [2.75, 3.05) is 0 Å². The van der Waals surface area contributed by atoms with Crippen LogP contribution in [0.5, 0.6) is 5.75 Å². The molecule has 1 aromatic carbocycles. The van der Waals surface area contributed by atoms with Crippen molar-refractivity contribution in [3.05, 3.63) is 59.2 Å². The Balaban J connectivity index is 1.64. The molecule has 9 heteroatoms. The number of Topliss-reactive ketones (excluding diaryl/α,β-unsaturated/α-hetero) is 1. The van der Waals surface area contributed by atoms with Crippen molar-refractivity contribution in [3.63, 3.8) is 0 Å². The SMILES string of the molecule is O=C(NCc1cccc(OC(F)(F)F)c1F)c1ccnc(CC(=O)C2CC2)c1. The minimum Gasteiger partial charge on any atom is -0.403 e. The van der Waals surface area contributed by atoms with E-state index in [0.29, 0.717) is 5.69 Å². The quantitative estimate of drug-likeness (QED) is 0.727. The van der Waals surface area contributed by atoms with E-state index in [9.17, 15) is 27.2 Å². The van der Waals surface area contributed by atoms with Crippen LogP contribution in [-0.2, 0) is 17.8 Å². The highest BCUT2D eigenvalue weighted by molar-refractivity contribution is 5.94. The molecule has 0 spiro atoms. The Kier molecular flexibility index (Phi) is 5.62. The summed E-state index contributed by atoms with van der Waals surface area (Å²) in [5, 5.41) is 2.43. The average molecular weight is 396 g/mol. The van der Waals surface area contributed by atoms with Gasteiger partial charge in [0.2, 0.25) is 0 Å². The Morgan fingerprint density at radius 1 is 1.21 bits per heavy atom. The summed E-state index contributed by atoms with van der Waals surface area (Å²) in [5.74, 6) is -2.58.